The third kappa shape index (κ3) is 4.21. The third-order valence-electron chi connectivity index (χ3n) is 8.09. The van der Waals surface area contributed by atoms with Crippen molar-refractivity contribution in [3.63, 3.8) is 0 Å². The molecule has 2 aromatic heterocycles. The lowest BCUT2D eigenvalue weighted by Crippen LogP contribution is -2.47. The predicted molar refractivity (Wildman–Crippen MR) is 134 cm³/mol. The number of ether oxygens (including phenoxy) is 1. The molecule has 1 saturated carbocycles. The van der Waals surface area contributed by atoms with Crippen LogP contribution < -0.4 is 0 Å². The van der Waals surface area contributed by atoms with Crippen LogP contribution in [0, 0.1) is 17.7 Å². The van der Waals surface area contributed by atoms with Crippen LogP contribution in [0.4, 0.5) is 4.39 Å². The minimum Gasteiger partial charge on any atom is -0.469 e. The van der Waals surface area contributed by atoms with Crippen molar-refractivity contribution in [3.8, 4) is 22.6 Å². The number of carbonyl (C=O) groups is 2. The Labute approximate surface area is 210 Å². The normalized spacial score (nSPS) is 23.1. The van der Waals surface area contributed by atoms with Crippen molar-refractivity contribution in [1.29, 1.82) is 0 Å². The number of aryl methyl sites for hydroxylation is 1. The molecule has 1 fully saturated rings. The first-order valence-corrected chi connectivity index (χ1v) is 12.5. The molecule has 1 aromatic carbocycles. The van der Waals surface area contributed by atoms with Gasteiger partial charge in [0.25, 0.3) is 0 Å². The summed E-state index contributed by atoms with van der Waals surface area (Å²) >= 11 is 0. The zero-order chi connectivity index (χ0) is 25.4. The van der Waals surface area contributed by atoms with E-state index < -0.39 is 0 Å². The first-order chi connectivity index (χ1) is 17.3. The Bertz CT molecular complexity index is 1340. The van der Waals surface area contributed by atoms with E-state index in [9.17, 15) is 9.59 Å². The lowest BCUT2D eigenvalue weighted by Gasteiger charge is -2.48. The molecule has 0 radical (unpaired) electrons. The first kappa shape index (κ1) is 24.2. The van der Waals surface area contributed by atoms with Gasteiger partial charge in [0.2, 0.25) is 0 Å². The number of hydrogen-bond donors (Lipinski definition) is 0. The lowest BCUT2D eigenvalue weighted by molar-refractivity contribution is -0.140. The molecule has 2 aliphatic carbocycles. The zero-order valence-corrected chi connectivity index (χ0v) is 20.9. The summed E-state index contributed by atoms with van der Waals surface area (Å²) in [5.41, 5.74) is 4.17. The van der Waals surface area contributed by atoms with E-state index in [1.807, 2.05) is 25.1 Å². The van der Waals surface area contributed by atoms with Crippen LogP contribution in [0.3, 0.4) is 0 Å². The van der Waals surface area contributed by atoms with Crippen LogP contribution in [0.25, 0.3) is 22.6 Å². The summed E-state index contributed by atoms with van der Waals surface area (Å²) in [5.74, 6) is 0.356. The average Bonchev–Trinajstić information content (AvgIpc) is 2.89. The van der Waals surface area contributed by atoms with Crippen molar-refractivity contribution in [3.05, 3.63) is 65.4 Å². The van der Waals surface area contributed by atoms with Crippen molar-refractivity contribution in [2.24, 2.45) is 11.8 Å². The molecule has 0 saturated heterocycles. The Morgan fingerprint density at radius 2 is 2.00 bits per heavy atom. The zero-order valence-electron chi connectivity index (χ0n) is 20.9. The number of aromatic nitrogens is 3. The van der Waals surface area contributed by atoms with Gasteiger partial charge in [-0.15, -0.1) is 0 Å². The molecule has 0 unspecified atom stereocenters. The second kappa shape index (κ2) is 9.52. The van der Waals surface area contributed by atoms with Gasteiger partial charge in [0.05, 0.1) is 24.9 Å². The molecular formula is C29H30FN3O3. The first-order valence-electron chi connectivity index (χ1n) is 12.5. The van der Waals surface area contributed by atoms with Crippen LogP contribution in [0.2, 0.25) is 0 Å². The maximum absolute atomic E-state index is 15.0. The molecule has 5 rings (SSSR count). The van der Waals surface area contributed by atoms with Gasteiger partial charge < -0.3 is 4.74 Å². The largest absolute Gasteiger partial charge is 0.469 e. The van der Waals surface area contributed by atoms with Gasteiger partial charge in [0, 0.05) is 52.8 Å². The topological polar surface area (TPSA) is 82.0 Å². The van der Waals surface area contributed by atoms with Gasteiger partial charge in [0.1, 0.15) is 11.6 Å². The van der Waals surface area contributed by atoms with E-state index in [0.717, 1.165) is 35.4 Å². The SMILES string of the molecule is COC(=O)CCc1cc(-c2nc(-c3ccccc3F)c3c(n2)[C@]2(C)CCC(=O)[C@H](C)[C@H]2CC3)ccn1. The van der Waals surface area contributed by atoms with E-state index >= 15 is 4.39 Å². The fraction of sp³-hybridized carbons (Fsp3) is 0.414. The number of methoxy groups -OCH3 is 1. The van der Waals surface area contributed by atoms with Gasteiger partial charge >= 0.3 is 5.97 Å². The molecule has 0 bridgehead atoms. The van der Waals surface area contributed by atoms with Crippen LogP contribution >= 0.6 is 0 Å². The molecule has 3 atom stereocenters. The molecule has 0 spiro atoms. The molecule has 2 aliphatic rings. The number of Topliss-reactive ketones (excluding diaryl/α,β-unsaturated/α-hetero) is 1. The molecule has 3 aromatic rings. The van der Waals surface area contributed by atoms with Crippen molar-refractivity contribution < 1.29 is 18.7 Å². The average molecular weight is 488 g/mol. The Kier molecular flexibility index (Phi) is 6.41. The summed E-state index contributed by atoms with van der Waals surface area (Å²) in [4.78, 5) is 38.6. The van der Waals surface area contributed by atoms with Crippen LogP contribution in [0.5, 0.6) is 0 Å². The van der Waals surface area contributed by atoms with E-state index in [4.69, 9.17) is 14.7 Å². The van der Waals surface area contributed by atoms with E-state index in [-0.39, 0.29) is 35.5 Å². The molecule has 36 heavy (non-hydrogen) atoms. The van der Waals surface area contributed by atoms with Crippen molar-refractivity contribution in [1.82, 2.24) is 15.0 Å². The molecule has 2 heterocycles. The van der Waals surface area contributed by atoms with E-state index in [0.29, 0.717) is 42.1 Å². The van der Waals surface area contributed by atoms with Gasteiger partial charge in [-0.3, -0.25) is 14.6 Å². The minimum atomic E-state index is -0.322. The highest BCUT2D eigenvalue weighted by Gasteiger charge is 2.49. The molecular weight excluding hydrogens is 457 g/mol. The molecule has 0 N–H and O–H groups in total. The summed E-state index contributed by atoms with van der Waals surface area (Å²) in [6, 6.07) is 10.4. The van der Waals surface area contributed by atoms with E-state index in [2.05, 4.69) is 11.9 Å². The maximum Gasteiger partial charge on any atom is 0.305 e. The van der Waals surface area contributed by atoms with Gasteiger partial charge in [-0.05, 0) is 49.4 Å². The van der Waals surface area contributed by atoms with Crippen LogP contribution in [-0.4, -0.2) is 33.8 Å². The summed E-state index contributed by atoms with van der Waals surface area (Å²) in [6.45, 7) is 4.24. The Hall–Kier alpha value is -3.48. The summed E-state index contributed by atoms with van der Waals surface area (Å²) in [5, 5.41) is 0. The maximum atomic E-state index is 15.0. The summed E-state index contributed by atoms with van der Waals surface area (Å²) < 4.78 is 19.8. The molecule has 0 aliphatic heterocycles. The van der Waals surface area contributed by atoms with Crippen molar-refractivity contribution >= 4 is 11.8 Å². The molecule has 7 heteroatoms. The second-order valence-corrected chi connectivity index (χ2v) is 10.1. The minimum absolute atomic E-state index is 0.0296. The number of fused-ring (bicyclic) bond motifs is 3. The van der Waals surface area contributed by atoms with Crippen molar-refractivity contribution in [2.75, 3.05) is 7.11 Å². The second-order valence-electron chi connectivity index (χ2n) is 10.1. The number of benzene rings is 1. The number of pyridine rings is 1. The van der Waals surface area contributed by atoms with Crippen LogP contribution in [-0.2, 0) is 32.6 Å². The highest BCUT2D eigenvalue weighted by molar-refractivity contribution is 5.83. The number of nitrogens with zero attached hydrogens (tertiary/aromatic N) is 3. The van der Waals surface area contributed by atoms with E-state index in [1.165, 1.54) is 13.2 Å². The number of carbonyl (C=O) groups excluding carboxylic acids is 2. The molecule has 0 amide bonds. The fourth-order valence-corrected chi connectivity index (χ4v) is 6.02. The highest BCUT2D eigenvalue weighted by Crippen LogP contribution is 2.52. The smallest absolute Gasteiger partial charge is 0.305 e. The lowest BCUT2D eigenvalue weighted by atomic mass is 9.56. The van der Waals surface area contributed by atoms with Gasteiger partial charge in [-0.2, -0.15) is 0 Å². The fourth-order valence-electron chi connectivity index (χ4n) is 6.02. The Balaban J connectivity index is 1.66. The quantitative estimate of drug-likeness (QED) is 0.456. The number of rotatable bonds is 5. The highest BCUT2D eigenvalue weighted by atomic mass is 19.1. The van der Waals surface area contributed by atoms with Crippen LogP contribution in [0.1, 0.15) is 56.5 Å². The van der Waals surface area contributed by atoms with Gasteiger partial charge in [-0.1, -0.05) is 26.0 Å². The number of halogens is 1. The number of ketones is 1. The summed E-state index contributed by atoms with van der Waals surface area (Å²) in [6.07, 6.45) is 5.15. The Morgan fingerprint density at radius 1 is 1.19 bits per heavy atom. The Morgan fingerprint density at radius 3 is 2.78 bits per heavy atom. The van der Waals surface area contributed by atoms with Crippen LogP contribution in [0.15, 0.2) is 42.6 Å². The third-order valence-corrected chi connectivity index (χ3v) is 8.09. The van der Waals surface area contributed by atoms with E-state index in [1.54, 1.807) is 18.3 Å². The summed E-state index contributed by atoms with van der Waals surface area (Å²) in [7, 11) is 1.37. The standard InChI is InChI=1S/C29H30FN3O3/c1-17-22-10-9-21-26(20-6-4-5-7-23(20)30)32-28(33-27(21)29(22,2)14-12-24(17)34)18-13-15-31-19(16-18)8-11-25(35)36-3/h4-7,13,15-17,22H,8-12,14H2,1-3H3/t17-,22-,29-/m1/s1. The van der Waals surface area contributed by atoms with Crippen molar-refractivity contribution in [2.45, 2.75) is 57.8 Å². The predicted octanol–water partition coefficient (Wildman–Crippen LogP) is 5.27. The number of esters is 1. The molecule has 186 valence electrons. The van der Waals surface area contributed by atoms with Gasteiger partial charge in [0.15, 0.2) is 5.82 Å². The monoisotopic (exact) mass is 487 g/mol. The number of hydrogen-bond acceptors (Lipinski definition) is 6. The molecule has 6 nitrogen and oxygen atoms in total. The van der Waals surface area contributed by atoms with Gasteiger partial charge in [-0.25, -0.2) is 14.4 Å².